The Bertz CT molecular complexity index is 667. The van der Waals surface area contributed by atoms with Gasteiger partial charge in [-0.15, -0.1) is 0 Å². The van der Waals surface area contributed by atoms with Gasteiger partial charge < -0.3 is 4.79 Å². The van der Waals surface area contributed by atoms with Crippen LogP contribution in [0.4, 0.5) is 0 Å². The minimum absolute atomic E-state index is 0.0548. The van der Waals surface area contributed by atoms with Crippen LogP contribution >= 0.6 is 11.6 Å². The molecule has 1 saturated heterocycles. The van der Waals surface area contributed by atoms with E-state index in [9.17, 15) is 13.2 Å². The number of carbonyl (C=O) groups excluding carboxylic acids is 1. The standard InChI is InChI=1S/C13H13ClN2O3S/c14-12-5-4-10(8-15)7-13(12)20(18,19)16-6-2-1-3-11(16)9-17/h4-5,7,9,11H,1-3,6H2. The van der Waals surface area contributed by atoms with E-state index in [0.717, 1.165) is 6.42 Å². The van der Waals surface area contributed by atoms with Crippen molar-refractivity contribution in [1.82, 2.24) is 4.31 Å². The maximum atomic E-state index is 12.6. The van der Waals surface area contributed by atoms with Crippen LogP contribution in [0.2, 0.25) is 5.02 Å². The van der Waals surface area contributed by atoms with Crippen molar-refractivity contribution in [3.8, 4) is 6.07 Å². The first-order chi connectivity index (χ1) is 9.50. The number of halogens is 1. The summed E-state index contributed by atoms with van der Waals surface area (Å²) in [7, 11) is -3.87. The Morgan fingerprint density at radius 2 is 2.15 bits per heavy atom. The van der Waals surface area contributed by atoms with Crippen LogP contribution in [-0.2, 0) is 14.8 Å². The SMILES string of the molecule is N#Cc1ccc(Cl)c(S(=O)(=O)N2CCCCC2C=O)c1. The number of nitrogens with zero attached hydrogens (tertiary/aromatic N) is 2. The average Bonchev–Trinajstić information content (AvgIpc) is 2.47. The summed E-state index contributed by atoms with van der Waals surface area (Å²) in [4.78, 5) is 10.9. The summed E-state index contributed by atoms with van der Waals surface area (Å²) in [5.41, 5.74) is 0.215. The molecule has 1 atom stereocenters. The molecule has 20 heavy (non-hydrogen) atoms. The van der Waals surface area contributed by atoms with Crippen molar-refractivity contribution < 1.29 is 13.2 Å². The molecule has 0 saturated carbocycles. The van der Waals surface area contributed by atoms with Crippen LogP contribution in [0.1, 0.15) is 24.8 Å². The minimum Gasteiger partial charge on any atom is -0.302 e. The second kappa shape index (κ2) is 5.92. The van der Waals surface area contributed by atoms with Gasteiger partial charge in [-0.25, -0.2) is 8.42 Å². The molecule has 1 aliphatic heterocycles. The lowest BCUT2D eigenvalue weighted by atomic mass is 10.1. The molecule has 1 aromatic rings. The highest BCUT2D eigenvalue weighted by atomic mass is 35.5. The molecule has 106 valence electrons. The van der Waals surface area contributed by atoms with Gasteiger partial charge in [0, 0.05) is 6.54 Å². The van der Waals surface area contributed by atoms with E-state index in [1.165, 1.54) is 22.5 Å². The van der Waals surface area contributed by atoms with E-state index in [2.05, 4.69) is 0 Å². The zero-order chi connectivity index (χ0) is 14.8. The second-order valence-corrected chi connectivity index (χ2v) is 6.84. The number of rotatable bonds is 3. The molecule has 1 aromatic carbocycles. The van der Waals surface area contributed by atoms with Crippen LogP contribution in [-0.4, -0.2) is 31.6 Å². The molecule has 0 bridgehead atoms. The van der Waals surface area contributed by atoms with Gasteiger partial charge in [0.1, 0.15) is 11.2 Å². The first-order valence-electron chi connectivity index (χ1n) is 6.17. The first-order valence-corrected chi connectivity index (χ1v) is 7.99. The number of hydrogen-bond donors (Lipinski definition) is 0. The van der Waals surface area contributed by atoms with Crippen molar-refractivity contribution in [2.45, 2.75) is 30.2 Å². The Balaban J connectivity index is 2.49. The average molecular weight is 313 g/mol. The molecule has 0 aromatic heterocycles. The lowest BCUT2D eigenvalue weighted by molar-refractivity contribution is -0.111. The number of nitriles is 1. The molecule has 0 spiro atoms. The van der Waals surface area contributed by atoms with Gasteiger partial charge in [0.15, 0.2) is 0 Å². The van der Waals surface area contributed by atoms with Gasteiger partial charge in [-0.2, -0.15) is 9.57 Å². The highest BCUT2D eigenvalue weighted by Crippen LogP contribution is 2.29. The summed E-state index contributed by atoms with van der Waals surface area (Å²) in [6.07, 6.45) is 2.69. The molecule has 1 fully saturated rings. The second-order valence-electron chi connectivity index (χ2n) is 4.57. The molecule has 0 radical (unpaired) electrons. The molecule has 1 unspecified atom stereocenters. The summed E-state index contributed by atoms with van der Waals surface area (Å²) >= 11 is 5.94. The third-order valence-electron chi connectivity index (χ3n) is 3.30. The maximum absolute atomic E-state index is 12.6. The van der Waals surface area contributed by atoms with Crippen LogP contribution in [0.3, 0.4) is 0 Å². The van der Waals surface area contributed by atoms with Crippen molar-refractivity contribution in [3.63, 3.8) is 0 Å². The van der Waals surface area contributed by atoms with E-state index in [1.807, 2.05) is 6.07 Å². The smallest absolute Gasteiger partial charge is 0.245 e. The largest absolute Gasteiger partial charge is 0.302 e. The van der Waals surface area contributed by atoms with Gasteiger partial charge in [0.25, 0.3) is 0 Å². The van der Waals surface area contributed by atoms with E-state index >= 15 is 0 Å². The first kappa shape index (κ1) is 15.0. The lowest BCUT2D eigenvalue weighted by Gasteiger charge is -2.31. The Morgan fingerprint density at radius 3 is 2.80 bits per heavy atom. The van der Waals surface area contributed by atoms with E-state index in [4.69, 9.17) is 16.9 Å². The third kappa shape index (κ3) is 2.70. The van der Waals surface area contributed by atoms with Gasteiger partial charge in [0.05, 0.1) is 22.7 Å². The molecular weight excluding hydrogens is 300 g/mol. The van der Waals surface area contributed by atoms with Crippen LogP contribution in [0, 0.1) is 11.3 Å². The summed E-state index contributed by atoms with van der Waals surface area (Å²) < 4.78 is 26.4. The molecule has 1 heterocycles. The molecule has 1 aliphatic rings. The fraction of sp³-hybridized carbons (Fsp3) is 0.385. The summed E-state index contributed by atoms with van der Waals surface area (Å²) in [6.45, 7) is 0.291. The van der Waals surface area contributed by atoms with E-state index in [0.29, 0.717) is 25.7 Å². The normalized spacial score (nSPS) is 20.3. The highest BCUT2D eigenvalue weighted by Gasteiger charge is 2.34. The van der Waals surface area contributed by atoms with Gasteiger partial charge in [0.2, 0.25) is 10.0 Å². The Morgan fingerprint density at radius 1 is 1.40 bits per heavy atom. The Labute approximate surface area is 122 Å². The zero-order valence-electron chi connectivity index (χ0n) is 10.6. The van der Waals surface area contributed by atoms with Crippen LogP contribution in [0.5, 0.6) is 0 Å². The predicted molar refractivity (Wildman–Crippen MR) is 73.8 cm³/mol. The molecular formula is C13H13ClN2O3S. The number of piperidine rings is 1. The van der Waals surface area contributed by atoms with Crippen molar-refractivity contribution in [1.29, 1.82) is 5.26 Å². The molecule has 0 amide bonds. The van der Waals surface area contributed by atoms with Crippen molar-refractivity contribution in [3.05, 3.63) is 28.8 Å². The fourth-order valence-electron chi connectivity index (χ4n) is 2.26. The summed E-state index contributed by atoms with van der Waals surface area (Å²) in [6, 6.07) is 5.31. The van der Waals surface area contributed by atoms with Gasteiger partial charge in [-0.05, 0) is 31.0 Å². The quantitative estimate of drug-likeness (QED) is 0.799. The lowest BCUT2D eigenvalue weighted by Crippen LogP contribution is -2.44. The predicted octanol–water partition coefficient (Wildman–Crippen LogP) is 1.95. The molecule has 0 N–H and O–H groups in total. The molecule has 0 aliphatic carbocycles. The maximum Gasteiger partial charge on any atom is 0.245 e. The van der Waals surface area contributed by atoms with Gasteiger partial charge >= 0.3 is 0 Å². The summed E-state index contributed by atoms with van der Waals surface area (Å²) in [5, 5.41) is 8.92. The van der Waals surface area contributed by atoms with E-state index < -0.39 is 16.1 Å². The fourth-order valence-corrected chi connectivity index (χ4v) is 4.40. The topological polar surface area (TPSA) is 78.2 Å². The number of aldehydes is 1. The molecule has 5 nitrogen and oxygen atoms in total. The van der Waals surface area contributed by atoms with E-state index in [-0.39, 0.29) is 15.5 Å². The number of carbonyl (C=O) groups is 1. The third-order valence-corrected chi connectivity index (χ3v) is 5.71. The zero-order valence-corrected chi connectivity index (χ0v) is 12.2. The van der Waals surface area contributed by atoms with Crippen LogP contribution in [0.15, 0.2) is 23.1 Å². The van der Waals surface area contributed by atoms with Gasteiger partial charge in [-0.3, -0.25) is 0 Å². The van der Waals surface area contributed by atoms with Crippen molar-refractivity contribution in [2.24, 2.45) is 0 Å². The van der Waals surface area contributed by atoms with Crippen molar-refractivity contribution >= 4 is 27.9 Å². The Kier molecular flexibility index (Phi) is 4.43. The van der Waals surface area contributed by atoms with Crippen molar-refractivity contribution in [2.75, 3.05) is 6.54 Å². The minimum atomic E-state index is -3.87. The summed E-state index contributed by atoms with van der Waals surface area (Å²) in [5.74, 6) is 0. The van der Waals surface area contributed by atoms with Crippen LogP contribution < -0.4 is 0 Å². The molecule has 2 rings (SSSR count). The van der Waals surface area contributed by atoms with Gasteiger partial charge in [-0.1, -0.05) is 18.0 Å². The van der Waals surface area contributed by atoms with E-state index in [1.54, 1.807) is 0 Å². The molecule has 7 heteroatoms. The monoisotopic (exact) mass is 312 g/mol. The van der Waals surface area contributed by atoms with Crippen LogP contribution in [0.25, 0.3) is 0 Å². The number of hydrogen-bond acceptors (Lipinski definition) is 4. The Hall–Kier alpha value is -1.42. The number of benzene rings is 1. The number of sulfonamides is 1. The highest BCUT2D eigenvalue weighted by molar-refractivity contribution is 7.89.